The van der Waals surface area contributed by atoms with Crippen LogP contribution in [-0.2, 0) is 32.5 Å². The first kappa shape index (κ1) is 13.9. The largest absolute Gasteiger partial charge is 0.390 e. The molecular weight excluding hydrogens is 270 g/mol. The fourth-order valence-electron chi connectivity index (χ4n) is 2.77. The molecule has 2 aromatic heterocycles. The molecule has 0 aliphatic carbocycles. The number of aliphatic hydroxyl groups excluding tert-OH is 1. The second-order valence-electron chi connectivity index (χ2n) is 5.39. The van der Waals surface area contributed by atoms with Crippen molar-refractivity contribution in [1.82, 2.24) is 24.5 Å². The van der Waals surface area contributed by atoms with Gasteiger partial charge in [-0.05, 0) is 26.2 Å². The molecule has 1 aliphatic heterocycles. The average molecular weight is 289 g/mol. The van der Waals surface area contributed by atoms with Crippen LogP contribution in [0.1, 0.15) is 35.6 Å². The van der Waals surface area contributed by atoms with E-state index < -0.39 is 0 Å². The number of fused-ring (bicyclic) bond motifs is 1. The maximum Gasteiger partial charge on any atom is 0.257 e. The zero-order valence-electron chi connectivity index (χ0n) is 12.1. The number of nitrogens with zero attached hydrogens (tertiary/aromatic N) is 5. The Hall–Kier alpha value is -2.02. The molecule has 0 saturated heterocycles. The summed E-state index contributed by atoms with van der Waals surface area (Å²) in [7, 11) is 0. The third-order valence-electron chi connectivity index (χ3n) is 3.92. The number of hydrogen-bond donors (Lipinski definition) is 1. The first-order chi connectivity index (χ1) is 10.2. The van der Waals surface area contributed by atoms with Crippen LogP contribution in [-0.4, -0.2) is 29.7 Å². The van der Waals surface area contributed by atoms with Crippen LogP contribution in [0.2, 0.25) is 0 Å². The highest BCUT2D eigenvalue weighted by molar-refractivity contribution is 5.18. The van der Waals surface area contributed by atoms with Gasteiger partial charge in [-0.3, -0.25) is 14.0 Å². The lowest BCUT2D eigenvalue weighted by atomic mass is 10.1. The summed E-state index contributed by atoms with van der Waals surface area (Å²) in [6.07, 6.45) is 5.30. The molecule has 7 heteroatoms. The van der Waals surface area contributed by atoms with E-state index in [1.165, 1.54) is 0 Å². The highest BCUT2D eigenvalue weighted by Gasteiger charge is 2.16. The van der Waals surface area contributed by atoms with Gasteiger partial charge in [0.1, 0.15) is 11.5 Å². The Morgan fingerprint density at radius 1 is 1.38 bits per heavy atom. The van der Waals surface area contributed by atoms with Crippen LogP contribution in [0.3, 0.4) is 0 Å². The summed E-state index contributed by atoms with van der Waals surface area (Å²) in [6.45, 7) is 3.10. The summed E-state index contributed by atoms with van der Waals surface area (Å²) >= 11 is 0. The molecule has 1 N–H and O–H groups in total. The second-order valence-corrected chi connectivity index (χ2v) is 5.39. The van der Waals surface area contributed by atoms with Gasteiger partial charge in [0.2, 0.25) is 0 Å². The molecule has 21 heavy (non-hydrogen) atoms. The highest BCUT2D eigenvalue weighted by Crippen LogP contribution is 2.12. The number of aliphatic hydroxyl groups is 1. The van der Waals surface area contributed by atoms with Crippen molar-refractivity contribution < 1.29 is 5.11 Å². The smallest absolute Gasteiger partial charge is 0.257 e. The van der Waals surface area contributed by atoms with Crippen LogP contribution in [0.25, 0.3) is 0 Å². The summed E-state index contributed by atoms with van der Waals surface area (Å²) in [6, 6.07) is 0. The molecule has 0 saturated carbocycles. The molecule has 0 fully saturated rings. The summed E-state index contributed by atoms with van der Waals surface area (Å²) in [5, 5.41) is 16.7. The van der Waals surface area contributed by atoms with Crippen LogP contribution in [0.4, 0.5) is 0 Å². The molecule has 0 spiro atoms. The van der Waals surface area contributed by atoms with Crippen molar-refractivity contribution in [2.75, 3.05) is 0 Å². The molecule has 112 valence electrons. The van der Waals surface area contributed by atoms with Crippen molar-refractivity contribution in [3.63, 3.8) is 0 Å². The molecule has 2 aromatic rings. The highest BCUT2D eigenvalue weighted by atomic mass is 16.3. The van der Waals surface area contributed by atoms with Crippen molar-refractivity contribution in [3.05, 3.63) is 39.3 Å². The van der Waals surface area contributed by atoms with Crippen molar-refractivity contribution in [3.8, 4) is 0 Å². The predicted molar refractivity (Wildman–Crippen MR) is 75.8 cm³/mol. The molecule has 1 aliphatic rings. The zero-order chi connectivity index (χ0) is 14.8. The van der Waals surface area contributed by atoms with Gasteiger partial charge < -0.3 is 5.11 Å². The lowest BCUT2D eigenvalue weighted by molar-refractivity contribution is 0.276. The van der Waals surface area contributed by atoms with Crippen LogP contribution in [0.15, 0.2) is 11.0 Å². The molecule has 0 amide bonds. The molecule has 7 nitrogen and oxygen atoms in total. The minimum absolute atomic E-state index is 0.0831. The Morgan fingerprint density at radius 2 is 2.24 bits per heavy atom. The molecule has 3 rings (SSSR count). The monoisotopic (exact) mass is 289 g/mol. The topological polar surface area (TPSA) is 85.8 Å². The second kappa shape index (κ2) is 5.77. The van der Waals surface area contributed by atoms with Gasteiger partial charge in [-0.15, -0.1) is 5.10 Å². The Kier molecular flexibility index (Phi) is 3.83. The quantitative estimate of drug-likeness (QED) is 0.870. The summed E-state index contributed by atoms with van der Waals surface area (Å²) in [5.74, 6) is 0.913. The van der Waals surface area contributed by atoms with E-state index in [1.54, 1.807) is 10.9 Å². The lowest BCUT2D eigenvalue weighted by Crippen LogP contribution is -2.32. The zero-order valence-corrected chi connectivity index (χ0v) is 12.1. The normalized spacial score (nSPS) is 14.2. The fraction of sp³-hybridized carbons (Fsp3) is 0.571. The van der Waals surface area contributed by atoms with E-state index in [2.05, 4.69) is 15.3 Å². The van der Waals surface area contributed by atoms with Crippen molar-refractivity contribution in [2.45, 2.75) is 52.3 Å². The number of aromatic nitrogens is 5. The number of hydrogen-bond acceptors (Lipinski definition) is 5. The molecule has 3 heterocycles. The third kappa shape index (κ3) is 2.73. The first-order valence-electron chi connectivity index (χ1n) is 7.28. The van der Waals surface area contributed by atoms with Crippen molar-refractivity contribution in [2.24, 2.45) is 0 Å². The SMILES string of the molecule is Cc1nc2n(c(=O)c1CCn1cc(CO)nn1)CCCC2. The van der Waals surface area contributed by atoms with Crippen LogP contribution < -0.4 is 5.56 Å². The summed E-state index contributed by atoms with van der Waals surface area (Å²) in [4.78, 5) is 17.1. The van der Waals surface area contributed by atoms with E-state index in [1.807, 2.05) is 11.5 Å². The maximum absolute atomic E-state index is 12.6. The Labute approximate surface area is 122 Å². The minimum atomic E-state index is -0.123. The van der Waals surface area contributed by atoms with Gasteiger partial charge in [-0.25, -0.2) is 4.98 Å². The molecule has 0 unspecified atom stereocenters. The van der Waals surface area contributed by atoms with E-state index in [0.29, 0.717) is 18.7 Å². The van der Waals surface area contributed by atoms with Gasteiger partial charge in [0.05, 0.1) is 12.8 Å². The average Bonchev–Trinajstić information content (AvgIpc) is 2.95. The van der Waals surface area contributed by atoms with E-state index in [9.17, 15) is 4.79 Å². The van der Waals surface area contributed by atoms with E-state index >= 15 is 0 Å². The van der Waals surface area contributed by atoms with E-state index in [-0.39, 0.29) is 12.2 Å². The van der Waals surface area contributed by atoms with Gasteiger partial charge in [0, 0.05) is 30.8 Å². The molecule has 0 bridgehead atoms. The van der Waals surface area contributed by atoms with Crippen LogP contribution in [0, 0.1) is 6.92 Å². The standard InChI is InChI=1S/C14H19N5O2/c1-10-12(5-7-18-8-11(9-20)16-17-18)14(21)19-6-3-2-4-13(19)15-10/h8,20H,2-7,9H2,1H3. The Balaban J connectivity index is 1.83. The van der Waals surface area contributed by atoms with Crippen LogP contribution in [0.5, 0.6) is 0 Å². The van der Waals surface area contributed by atoms with Crippen LogP contribution >= 0.6 is 0 Å². The molecule has 0 radical (unpaired) electrons. The number of aryl methyl sites for hydroxylation is 3. The Morgan fingerprint density at radius 3 is 3.00 bits per heavy atom. The maximum atomic E-state index is 12.6. The van der Waals surface area contributed by atoms with Crippen molar-refractivity contribution in [1.29, 1.82) is 0 Å². The number of rotatable bonds is 4. The van der Waals surface area contributed by atoms with Gasteiger partial charge in [0.25, 0.3) is 5.56 Å². The molecule has 0 aromatic carbocycles. The summed E-state index contributed by atoms with van der Waals surface area (Å²) in [5.41, 5.74) is 2.18. The van der Waals surface area contributed by atoms with Gasteiger partial charge in [0.15, 0.2) is 0 Å². The first-order valence-corrected chi connectivity index (χ1v) is 7.28. The Bertz CT molecular complexity index is 704. The minimum Gasteiger partial charge on any atom is -0.390 e. The predicted octanol–water partition coefficient (Wildman–Crippen LogP) is 0.215. The third-order valence-corrected chi connectivity index (χ3v) is 3.92. The van der Waals surface area contributed by atoms with E-state index in [4.69, 9.17) is 5.11 Å². The summed E-state index contributed by atoms with van der Waals surface area (Å²) < 4.78 is 3.46. The van der Waals surface area contributed by atoms with Gasteiger partial charge in [-0.2, -0.15) is 0 Å². The lowest BCUT2D eigenvalue weighted by Gasteiger charge is -2.19. The molecular formula is C14H19N5O2. The van der Waals surface area contributed by atoms with Gasteiger partial charge >= 0.3 is 0 Å². The van der Waals surface area contributed by atoms with E-state index in [0.717, 1.165) is 42.9 Å². The molecule has 0 atom stereocenters. The van der Waals surface area contributed by atoms with Gasteiger partial charge in [-0.1, -0.05) is 5.21 Å². The van der Waals surface area contributed by atoms with Crippen molar-refractivity contribution >= 4 is 0 Å². The fourth-order valence-corrected chi connectivity index (χ4v) is 2.77.